The summed E-state index contributed by atoms with van der Waals surface area (Å²) in [5.74, 6) is 0.861. The van der Waals surface area contributed by atoms with Crippen LogP contribution in [0.4, 0.5) is 5.69 Å². The highest BCUT2D eigenvalue weighted by molar-refractivity contribution is 7.99. The molecule has 1 N–H and O–H groups in total. The molecule has 1 aromatic heterocycles. The molecule has 0 radical (unpaired) electrons. The third-order valence-corrected chi connectivity index (χ3v) is 5.19. The van der Waals surface area contributed by atoms with Gasteiger partial charge in [0, 0.05) is 4.90 Å². The SMILES string of the molecule is Cc1ccc(C2C=C(c3ccco3)Nc3ccccc3S2)cc1. The van der Waals surface area contributed by atoms with Gasteiger partial charge in [-0.2, -0.15) is 0 Å². The van der Waals surface area contributed by atoms with Gasteiger partial charge in [-0.3, -0.25) is 0 Å². The first-order valence-electron chi connectivity index (χ1n) is 7.64. The number of benzene rings is 2. The Labute approximate surface area is 140 Å². The van der Waals surface area contributed by atoms with Gasteiger partial charge in [-0.15, -0.1) is 11.8 Å². The van der Waals surface area contributed by atoms with Gasteiger partial charge < -0.3 is 9.73 Å². The van der Waals surface area contributed by atoms with Crippen molar-refractivity contribution in [2.45, 2.75) is 17.1 Å². The van der Waals surface area contributed by atoms with E-state index in [0.29, 0.717) is 0 Å². The number of furan rings is 1. The Kier molecular flexibility index (Phi) is 3.72. The molecule has 2 heterocycles. The average molecular weight is 319 g/mol. The lowest BCUT2D eigenvalue weighted by molar-refractivity contribution is 0.553. The summed E-state index contributed by atoms with van der Waals surface area (Å²) < 4.78 is 5.61. The number of thioether (sulfide) groups is 1. The van der Waals surface area contributed by atoms with Crippen LogP contribution in [0.2, 0.25) is 0 Å². The van der Waals surface area contributed by atoms with Crippen molar-refractivity contribution in [1.29, 1.82) is 0 Å². The van der Waals surface area contributed by atoms with Crippen molar-refractivity contribution >= 4 is 23.1 Å². The highest BCUT2D eigenvalue weighted by atomic mass is 32.2. The Bertz CT molecular complexity index is 834. The Balaban J connectivity index is 1.80. The van der Waals surface area contributed by atoms with Gasteiger partial charge in [0.1, 0.15) is 5.76 Å². The van der Waals surface area contributed by atoms with Gasteiger partial charge >= 0.3 is 0 Å². The number of fused-ring (bicyclic) bond motifs is 1. The molecular weight excluding hydrogens is 302 g/mol. The molecule has 3 aromatic rings. The minimum atomic E-state index is 0.242. The summed E-state index contributed by atoms with van der Waals surface area (Å²) in [6.07, 6.45) is 3.96. The minimum absolute atomic E-state index is 0.242. The van der Waals surface area contributed by atoms with Crippen LogP contribution in [0.15, 0.2) is 82.3 Å². The molecule has 0 saturated heterocycles. The average Bonchev–Trinajstić information content (AvgIpc) is 3.03. The summed E-state index contributed by atoms with van der Waals surface area (Å²) in [5.41, 5.74) is 4.71. The summed E-state index contributed by atoms with van der Waals surface area (Å²) in [7, 11) is 0. The molecule has 1 atom stereocenters. The van der Waals surface area contributed by atoms with Gasteiger partial charge in [0.15, 0.2) is 0 Å². The van der Waals surface area contributed by atoms with Crippen molar-refractivity contribution in [1.82, 2.24) is 0 Å². The smallest absolute Gasteiger partial charge is 0.149 e. The van der Waals surface area contributed by atoms with Gasteiger partial charge in [-0.05, 0) is 42.8 Å². The van der Waals surface area contributed by atoms with Crippen LogP contribution in [0.1, 0.15) is 22.1 Å². The van der Waals surface area contributed by atoms with Gasteiger partial charge in [0.2, 0.25) is 0 Å². The second-order valence-corrected chi connectivity index (χ2v) is 6.81. The second-order valence-electron chi connectivity index (χ2n) is 5.63. The Morgan fingerprint density at radius 3 is 2.57 bits per heavy atom. The molecule has 0 bridgehead atoms. The van der Waals surface area contributed by atoms with E-state index in [0.717, 1.165) is 17.1 Å². The van der Waals surface area contributed by atoms with Crippen LogP contribution in [0, 0.1) is 6.92 Å². The summed E-state index contributed by atoms with van der Waals surface area (Å²) >= 11 is 1.86. The Morgan fingerprint density at radius 1 is 0.957 bits per heavy atom. The molecular formula is C20H17NOS. The quantitative estimate of drug-likeness (QED) is 0.637. The van der Waals surface area contributed by atoms with Crippen molar-refractivity contribution in [3.8, 4) is 0 Å². The zero-order valence-corrected chi connectivity index (χ0v) is 13.6. The normalized spacial score (nSPS) is 16.9. The molecule has 4 rings (SSSR count). The number of rotatable bonds is 2. The van der Waals surface area contributed by atoms with Crippen LogP contribution >= 0.6 is 11.8 Å². The molecule has 2 nitrogen and oxygen atoms in total. The molecule has 3 heteroatoms. The topological polar surface area (TPSA) is 25.2 Å². The molecule has 0 saturated carbocycles. The second kappa shape index (κ2) is 6.01. The van der Waals surface area contributed by atoms with Gasteiger partial charge in [0.05, 0.1) is 22.9 Å². The van der Waals surface area contributed by atoms with E-state index < -0.39 is 0 Å². The summed E-state index contributed by atoms with van der Waals surface area (Å²) in [6, 6.07) is 21.1. The van der Waals surface area contributed by atoms with Gasteiger partial charge in [-0.1, -0.05) is 42.0 Å². The first-order chi connectivity index (χ1) is 11.3. The molecule has 2 aromatic carbocycles. The molecule has 1 aliphatic rings. The Hall–Kier alpha value is -2.39. The molecule has 1 aliphatic heterocycles. The highest BCUT2D eigenvalue weighted by Crippen LogP contribution is 2.44. The summed E-state index contributed by atoms with van der Waals surface area (Å²) in [4.78, 5) is 1.25. The van der Waals surface area contributed by atoms with Gasteiger partial charge in [-0.25, -0.2) is 0 Å². The number of nitrogens with one attached hydrogen (secondary N) is 1. The fourth-order valence-electron chi connectivity index (χ4n) is 2.68. The van der Waals surface area contributed by atoms with Crippen molar-refractivity contribution in [3.05, 3.63) is 89.9 Å². The molecule has 23 heavy (non-hydrogen) atoms. The third-order valence-electron chi connectivity index (χ3n) is 3.92. The zero-order valence-electron chi connectivity index (χ0n) is 12.8. The maximum Gasteiger partial charge on any atom is 0.149 e. The fourth-order valence-corrected chi connectivity index (χ4v) is 3.85. The van der Waals surface area contributed by atoms with Crippen molar-refractivity contribution in [2.24, 2.45) is 0 Å². The number of aryl methyl sites for hydroxylation is 1. The number of hydrogen-bond donors (Lipinski definition) is 1. The van der Waals surface area contributed by atoms with Crippen LogP contribution < -0.4 is 5.32 Å². The Morgan fingerprint density at radius 2 is 1.78 bits per heavy atom. The van der Waals surface area contributed by atoms with E-state index in [1.165, 1.54) is 16.0 Å². The molecule has 0 spiro atoms. The van der Waals surface area contributed by atoms with Crippen molar-refractivity contribution in [3.63, 3.8) is 0 Å². The van der Waals surface area contributed by atoms with E-state index in [9.17, 15) is 0 Å². The predicted octanol–water partition coefficient (Wildman–Crippen LogP) is 5.89. The maximum absolute atomic E-state index is 5.61. The van der Waals surface area contributed by atoms with Gasteiger partial charge in [0.25, 0.3) is 0 Å². The zero-order chi connectivity index (χ0) is 15.6. The standard InChI is InChI=1S/C20H17NOS/c1-14-8-10-15(11-9-14)20-13-17(18-6-4-12-22-18)21-16-5-2-3-7-19(16)23-20/h2-13,20-21H,1H3. The molecule has 1 unspecified atom stereocenters. The van der Waals surface area contributed by atoms with E-state index in [-0.39, 0.29) is 5.25 Å². The van der Waals surface area contributed by atoms with Crippen LogP contribution in [0.25, 0.3) is 5.70 Å². The lowest BCUT2D eigenvalue weighted by Gasteiger charge is -2.12. The maximum atomic E-state index is 5.61. The van der Waals surface area contributed by atoms with E-state index >= 15 is 0 Å². The van der Waals surface area contributed by atoms with E-state index in [2.05, 4.69) is 66.8 Å². The van der Waals surface area contributed by atoms with Crippen molar-refractivity contribution in [2.75, 3.05) is 5.32 Å². The van der Waals surface area contributed by atoms with Crippen molar-refractivity contribution < 1.29 is 4.42 Å². The van der Waals surface area contributed by atoms with E-state index in [4.69, 9.17) is 4.42 Å². The van der Waals surface area contributed by atoms with E-state index in [1.807, 2.05) is 23.9 Å². The lowest BCUT2D eigenvalue weighted by atomic mass is 10.1. The molecule has 114 valence electrons. The minimum Gasteiger partial charge on any atom is -0.463 e. The van der Waals surface area contributed by atoms with Crippen LogP contribution in [-0.4, -0.2) is 0 Å². The number of para-hydroxylation sites is 1. The highest BCUT2D eigenvalue weighted by Gasteiger charge is 2.20. The number of hydrogen-bond acceptors (Lipinski definition) is 3. The van der Waals surface area contributed by atoms with Crippen LogP contribution in [0.3, 0.4) is 0 Å². The molecule has 0 amide bonds. The first-order valence-corrected chi connectivity index (χ1v) is 8.52. The third kappa shape index (κ3) is 2.92. The first kappa shape index (κ1) is 14.2. The predicted molar refractivity (Wildman–Crippen MR) is 96.5 cm³/mol. The fraction of sp³-hybridized carbons (Fsp3) is 0.100. The summed E-state index contributed by atoms with van der Waals surface area (Å²) in [5, 5.41) is 3.76. The summed E-state index contributed by atoms with van der Waals surface area (Å²) in [6.45, 7) is 2.12. The lowest BCUT2D eigenvalue weighted by Crippen LogP contribution is -1.98. The molecule has 0 fully saturated rings. The number of anilines is 1. The van der Waals surface area contributed by atoms with E-state index in [1.54, 1.807) is 6.26 Å². The van der Waals surface area contributed by atoms with Crippen LogP contribution in [-0.2, 0) is 0 Å². The largest absolute Gasteiger partial charge is 0.463 e. The monoisotopic (exact) mass is 319 g/mol. The molecule has 0 aliphatic carbocycles. The van der Waals surface area contributed by atoms with Crippen LogP contribution in [0.5, 0.6) is 0 Å².